The molecular weight excluding hydrogens is 362 g/mol. The molecule has 3 heterocycles. The van der Waals surface area contributed by atoms with E-state index >= 15 is 0 Å². The van der Waals surface area contributed by atoms with Gasteiger partial charge in [0.25, 0.3) is 5.91 Å². The molecular formula is C23H21N5O. The number of carbonyl (C=O) groups excluding carboxylic acids is 1. The first kappa shape index (κ1) is 17.6. The molecule has 29 heavy (non-hydrogen) atoms. The number of pyridine rings is 1. The average molecular weight is 383 g/mol. The molecule has 0 unspecified atom stereocenters. The SMILES string of the molecule is Cc1cc(C#N)cc(C(=O)N[C@@H]2CCn3nc(-c4ccnc(C5CC5)c4)cc32)c1. The van der Waals surface area contributed by atoms with Gasteiger partial charge in [-0.3, -0.25) is 14.5 Å². The predicted molar refractivity (Wildman–Crippen MR) is 108 cm³/mol. The number of amides is 1. The lowest BCUT2D eigenvalue weighted by Crippen LogP contribution is -2.27. The van der Waals surface area contributed by atoms with Gasteiger partial charge in [0.2, 0.25) is 0 Å². The molecule has 1 aromatic carbocycles. The Morgan fingerprint density at radius 1 is 1.21 bits per heavy atom. The van der Waals surface area contributed by atoms with Crippen LogP contribution in [0.2, 0.25) is 0 Å². The van der Waals surface area contributed by atoms with Crippen LogP contribution in [-0.2, 0) is 6.54 Å². The van der Waals surface area contributed by atoms with Crippen molar-refractivity contribution in [2.75, 3.05) is 0 Å². The van der Waals surface area contributed by atoms with Crippen LogP contribution in [0.4, 0.5) is 0 Å². The van der Waals surface area contributed by atoms with Gasteiger partial charge in [-0.1, -0.05) is 0 Å². The van der Waals surface area contributed by atoms with E-state index in [0.717, 1.165) is 41.2 Å². The number of fused-ring (bicyclic) bond motifs is 1. The van der Waals surface area contributed by atoms with Crippen molar-refractivity contribution in [3.8, 4) is 17.3 Å². The van der Waals surface area contributed by atoms with Crippen LogP contribution in [0.15, 0.2) is 42.6 Å². The van der Waals surface area contributed by atoms with Gasteiger partial charge in [0, 0.05) is 35.5 Å². The highest BCUT2D eigenvalue weighted by Crippen LogP contribution is 2.40. The molecule has 0 spiro atoms. The number of nitrogens with one attached hydrogen (secondary N) is 1. The van der Waals surface area contributed by atoms with Gasteiger partial charge in [0.15, 0.2) is 0 Å². The Kier molecular flexibility index (Phi) is 4.17. The predicted octanol–water partition coefficient (Wildman–Crippen LogP) is 3.88. The fourth-order valence-electron chi connectivity index (χ4n) is 4.01. The van der Waals surface area contributed by atoms with Gasteiger partial charge in [-0.15, -0.1) is 0 Å². The van der Waals surface area contributed by atoms with Crippen molar-refractivity contribution in [2.45, 2.75) is 44.7 Å². The number of nitriles is 1. The second kappa shape index (κ2) is 6.85. The summed E-state index contributed by atoms with van der Waals surface area (Å²) in [5.41, 5.74) is 6.08. The molecule has 6 heteroatoms. The van der Waals surface area contributed by atoms with Crippen molar-refractivity contribution in [2.24, 2.45) is 0 Å². The summed E-state index contributed by atoms with van der Waals surface area (Å²) in [4.78, 5) is 17.3. The minimum atomic E-state index is -0.161. The van der Waals surface area contributed by atoms with E-state index < -0.39 is 0 Å². The molecule has 1 saturated carbocycles. The molecule has 0 radical (unpaired) electrons. The number of aromatic nitrogens is 3. The summed E-state index contributed by atoms with van der Waals surface area (Å²) in [5.74, 6) is 0.440. The lowest BCUT2D eigenvalue weighted by molar-refractivity contribution is 0.0936. The summed E-state index contributed by atoms with van der Waals surface area (Å²) in [6.07, 6.45) is 5.11. The molecule has 2 aliphatic rings. The first-order chi connectivity index (χ1) is 14.1. The minimum absolute atomic E-state index is 0.0838. The van der Waals surface area contributed by atoms with Gasteiger partial charge in [0.1, 0.15) is 0 Å². The van der Waals surface area contributed by atoms with Crippen molar-refractivity contribution in [3.63, 3.8) is 0 Å². The minimum Gasteiger partial charge on any atom is -0.344 e. The third kappa shape index (κ3) is 3.40. The Labute approximate surface area is 169 Å². The zero-order valence-electron chi connectivity index (χ0n) is 16.2. The summed E-state index contributed by atoms with van der Waals surface area (Å²) in [5, 5.41) is 17.0. The first-order valence-electron chi connectivity index (χ1n) is 9.97. The summed E-state index contributed by atoms with van der Waals surface area (Å²) in [6, 6.07) is 13.5. The molecule has 1 fully saturated rings. The Hall–Kier alpha value is -3.46. The van der Waals surface area contributed by atoms with Crippen molar-refractivity contribution in [3.05, 3.63) is 70.7 Å². The van der Waals surface area contributed by atoms with Crippen LogP contribution < -0.4 is 5.32 Å². The maximum absolute atomic E-state index is 12.8. The zero-order chi connectivity index (χ0) is 20.0. The lowest BCUT2D eigenvalue weighted by atomic mass is 10.1. The molecule has 5 rings (SSSR count). The van der Waals surface area contributed by atoms with Crippen LogP contribution in [0, 0.1) is 18.3 Å². The van der Waals surface area contributed by atoms with E-state index in [0.29, 0.717) is 17.0 Å². The van der Waals surface area contributed by atoms with Crippen LogP contribution in [0.3, 0.4) is 0 Å². The molecule has 2 aromatic heterocycles. The maximum Gasteiger partial charge on any atom is 0.251 e. The van der Waals surface area contributed by atoms with Gasteiger partial charge < -0.3 is 5.32 Å². The summed E-state index contributed by atoms with van der Waals surface area (Å²) >= 11 is 0. The molecule has 1 aliphatic carbocycles. The van der Waals surface area contributed by atoms with Gasteiger partial charge in [-0.2, -0.15) is 10.4 Å². The summed E-state index contributed by atoms with van der Waals surface area (Å²) in [6.45, 7) is 2.66. The fraction of sp³-hybridized carbons (Fsp3) is 0.304. The van der Waals surface area contributed by atoms with Crippen molar-refractivity contribution in [1.82, 2.24) is 20.1 Å². The highest BCUT2D eigenvalue weighted by Gasteiger charge is 2.28. The van der Waals surface area contributed by atoms with E-state index in [1.165, 1.54) is 12.8 Å². The van der Waals surface area contributed by atoms with E-state index in [9.17, 15) is 4.79 Å². The molecule has 1 atom stereocenters. The van der Waals surface area contributed by atoms with Crippen LogP contribution in [0.1, 0.15) is 64.1 Å². The van der Waals surface area contributed by atoms with E-state index in [1.54, 1.807) is 12.1 Å². The highest BCUT2D eigenvalue weighted by molar-refractivity contribution is 5.95. The number of rotatable bonds is 4. The molecule has 0 saturated heterocycles. The van der Waals surface area contributed by atoms with Gasteiger partial charge >= 0.3 is 0 Å². The normalized spacial score (nSPS) is 17.6. The molecule has 0 bridgehead atoms. The van der Waals surface area contributed by atoms with Crippen LogP contribution in [-0.4, -0.2) is 20.7 Å². The topological polar surface area (TPSA) is 83.6 Å². The van der Waals surface area contributed by atoms with Crippen LogP contribution >= 0.6 is 0 Å². The molecule has 1 amide bonds. The number of hydrogen-bond acceptors (Lipinski definition) is 4. The zero-order valence-corrected chi connectivity index (χ0v) is 16.2. The Balaban J connectivity index is 1.38. The Morgan fingerprint density at radius 2 is 2.07 bits per heavy atom. The van der Waals surface area contributed by atoms with Crippen LogP contribution in [0.25, 0.3) is 11.3 Å². The molecule has 6 nitrogen and oxygen atoms in total. The third-order valence-electron chi connectivity index (χ3n) is 5.64. The lowest BCUT2D eigenvalue weighted by Gasteiger charge is -2.12. The third-order valence-corrected chi connectivity index (χ3v) is 5.64. The average Bonchev–Trinajstić information content (AvgIpc) is 3.40. The van der Waals surface area contributed by atoms with E-state index in [-0.39, 0.29) is 11.9 Å². The monoisotopic (exact) mass is 383 g/mol. The largest absolute Gasteiger partial charge is 0.344 e. The quantitative estimate of drug-likeness (QED) is 0.741. The van der Waals surface area contributed by atoms with E-state index in [1.807, 2.05) is 29.9 Å². The standard InChI is InChI=1S/C23H21N5O/c1-14-8-15(13-24)10-18(9-14)23(29)26-19-5-7-28-22(19)12-21(27-28)17-4-6-25-20(11-17)16-2-3-16/h4,6,8-12,16,19H,2-3,5,7H2,1H3,(H,26,29)/t19-/m1/s1. The molecule has 144 valence electrons. The number of benzene rings is 1. The van der Waals surface area contributed by atoms with E-state index in [4.69, 9.17) is 10.4 Å². The second-order valence-electron chi connectivity index (χ2n) is 7.94. The molecule has 1 aliphatic heterocycles. The molecule has 3 aromatic rings. The van der Waals surface area contributed by atoms with E-state index in [2.05, 4.69) is 28.5 Å². The first-order valence-corrected chi connectivity index (χ1v) is 9.97. The Bertz CT molecular complexity index is 1150. The van der Waals surface area contributed by atoms with Crippen molar-refractivity contribution >= 4 is 5.91 Å². The number of carbonyl (C=O) groups is 1. The summed E-state index contributed by atoms with van der Waals surface area (Å²) in [7, 11) is 0. The fourth-order valence-corrected chi connectivity index (χ4v) is 4.01. The second-order valence-corrected chi connectivity index (χ2v) is 7.94. The Morgan fingerprint density at radius 3 is 2.86 bits per heavy atom. The van der Waals surface area contributed by atoms with Crippen LogP contribution in [0.5, 0.6) is 0 Å². The van der Waals surface area contributed by atoms with Gasteiger partial charge in [-0.25, -0.2) is 0 Å². The number of nitrogens with zero attached hydrogens (tertiary/aromatic N) is 4. The highest BCUT2D eigenvalue weighted by atomic mass is 16.1. The van der Waals surface area contributed by atoms with Gasteiger partial charge in [0.05, 0.1) is 29.1 Å². The van der Waals surface area contributed by atoms with Crippen molar-refractivity contribution < 1.29 is 4.79 Å². The maximum atomic E-state index is 12.8. The number of aryl methyl sites for hydroxylation is 2. The van der Waals surface area contributed by atoms with Gasteiger partial charge in [-0.05, 0) is 68.1 Å². The summed E-state index contributed by atoms with van der Waals surface area (Å²) < 4.78 is 1.98. The van der Waals surface area contributed by atoms with Crippen molar-refractivity contribution in [1.29, 1.82) is 5.26 Å². The molecule has 1 N–H and O–H groups in total. The smallest absolute Gasteiger partial charge is 0.251 e. The number of hydrogen-bond donors (Lipinski definition) is 1.